The Morgan fingerprint density at radius 1 is 1.00 bits per heavy atom. The molecule has 1 saturated heterocycles. The number of piperazine rings is 1. The van der Waals surface area contributed by atoms with Crippen LogP contribution in [0.2, 0.25) is 0 Å². The third-order valence-corrected chi connectivity index (χ3v) is 8.66. The van der Waals surface area contributed by atoms with E-state index in [4.69, 9.17) is 0 Å². The summed E-state index contributed by atoms with van der Waals surface area (Å²) in [6, 6.07) is 5.00. The van der Waals surface area contributed by atoms with Gasteiger partial charge in [-0.2, -0.15) is 30.6 Å². The van der Waals surface area contributed by atoms with Gasteiger partial charge in [0.05, 0.1) is 6.10 Å². The molecule has 2 N–H and O–H groups in total. The number of benzene rings is 1. The van der Waals surface area contributed by atoms with E-state index in [9.17, 15) is 45.0 Å². The zero-order valence-corrected chi connectivity index (χ0v) is 18.7. The fourth-order valence-corrected chi connectivity index (χ4v) is 6.16. The Balaban J connectivity index is 1.91. The van der Waals surface area contributed by atoms with Crippen LogP contribution in [-0.4, -0.2) is 61.5 Å². The van der Waals surface area contributed by atoms with E-state index in [1.807, 2.05) is 0 Å². The average molecular weight is 519 g/mol. The van der Waals surface area contributed by atoms with Crippen LogP contribution in [0.15, 0.2) is 39.9 Å². The Bertz CT molecular complexity index is 1060. The second-order valence-electron chi connectivity index (χ2n) is 7.48. The molecule has 6 nitrogen and oxygen atoms in total. The zero-order chi connectivity index (χ0) is 24.8. The molecule has 0 aliphatic carbocycles. The maximum atomic E-state index is 13.2. The van der Waals surface area contributed by atoms with Gasteiger partial charge in [-0.3, -0.25) is 0 Å². The van der Waals surface area contributed by atoms with Crippen molar-refractivity contribution in [2.24, 2.45) is 0 Å². The lowest BCUT2D eigenvalue weighted by Gasteiger charge is -2.37. The molecular formula is C19H20F6N2O4S2. The van der Waals surface area contributed by atoms with Crippen LogP contribution in [0, 0.1) is 0 Å². The maximum absolute atomic E-state index is 13.2. The van der Waals surface area contributed by atoms with Gasteiger partial charge in [0.2, 0.25) is 0 Å². The van der Waals surface area contributed by atoms with Gasteiger partial charge >= 0.3 is 12.4 Å². The monoisotopic (exact) mass is 518 g/mol. The van der Waals surface area contributed by atoms with Crippen molar-refractivity contribution in [3.8, 4) is 0 Å². The first-order chi connectivity index (χ1) is 15.1. The SMILES string of the molecule is C[C@H](O)c1cc(C(O)(C(F)(F)F)C(F)(F)F)ccc1N1CCN(S(=O)(=O)c2cccs2)CC1. The number of nitrogens with zero attached hydrogens (tertiary/aromatic N) is 2. The van der Waals surface area contributed by atoms with Crippen molar-refractivity contribution in [3.05, 3.63) is 46.8 Å². The van der Waals surface area contributed by atoms with Gasteiger partial charge in [-0.05, 0) is 30.5 Å². The van der Waals surface area contributed by atoms with E-state index in [1.54, 1.807) is 16.3 Å². The lowest BCUT2D eigenvalue weighted by molar-refractivity contribution is -0.376. The fourth-order valence-electron chi connectivity index (χ4n) is 3.60. The molecule has 2 heterocycles. The third kappa shape index (κ3) is 4.58. The Kier molecular flexibility index (Phi) is 6.81. The van der Waals surface area contributed by atoms with Crippen LogP contribution >= 0.6 is 11.3 Å². The topological polar surface area (TPSA) is 81.1 Å². The van der Waals surface area contributed by atoms with Crippen molar-refractivity contribution in [2.45, 2.75) is 35.2 Å². The molecule has 2 aromatic rings. The summed E-state index contributed by atoms with van der Waals surface area (Å²) in [6.45, 7) is 1.39. The molecule has 3 rings (SSSR count). The van der Waals surface area contributed by atoms with Crippen LogP contribution in [0.3, 0.4) is 0 Å². The zero-order valence-electron chi connectivity index (χ0n) is 17.1. The number of hydrogen-bond acceptors (Lipinski definition) is 6. The minimum absolute atomic E-state index is 0.0241. The van der Waals surface area contributed by atoms with E-state index in [2.05, 4.69) is 0 Å². The van der Waals surface area contributed by atoms with Gasteiger partial charge < -0.3 is 15.1 Å². The molecule has 1 aliphatic rings. The summed E-state index contributed by atoms with van der Waals surface area (Å²) in [5.74, 6) is 0. The Morgan fingerprint density at radius 2 is 1.58 bits per heavy atom. The molecule has 1 atom stereocenters. The minimum atomic E-state index is -6.05. The predicted octanol–water partition coefficient (Wildman–Crippen LogP) is 3.62. The normalized spacial score (nSPS) is 17.9. The Morgan fingerprint density at radius 3 is 2.03 bits per heavy atom. The number of sulfonamides is 1. The van der Waals surface area contributed by atoms with Gasteiger partial charge in [-0.25, -0.2) is 8.42 Å². The number of alkyl halides is 6. The van der Waals surface area contributed by atoms with Gasteiger partial charge in [0, 0.05) is 43.0 Å². The van der Waals surface area contributed by atoms with E-state index in [0.29, 0.717) is 12.1 Å². The molecule has 0 amide bonds. The molecule has 33 heavy (non-hydrogen) atoms. The van der Waals surface area contributed by atoms with Crippen molar-refractivity contribution in [1.82, 2.24) is 4.31 Å². The molecule has 0 radical (unpaired) electrons. The molecule has 1 aromatic heterocycles. The number of rotatable bonds is 5. The largest absolute Gasteiger partial charge is 0.430 e. The van der Waals surface area contributed by atoms with E-state index in [1.165, 1.54) is 17.3 Å². The summed E-state index contributed by atoms with van der Waals surface area (Å²) in [5, 5.41) is 21.3. The smallest absolute Gasteiger partial charge is 0.389 e. The number of halogens is 6. The van der Waals surface area contributed by atoms with Crippen LogP contribution in [0.1, 0.15) is 24.2 Å². The summed E-state index contributed by atoms with van der Waals surface area (Å²) < 4.78 is 106. The molecule has 14 heteroatoms. The predicted molar refractivity (Wildman–Crippen MR) is 108 cm³/mol. The molecule has 0 unspecified atom stereocenters. The van der Waals surface area contributed by atoms with E-state index >= 15 is 0 Å². The lowest BCUT2D eigenvalue weighted by Crippen LogP contribution is -2.54. The minimum Gasteiger partial charge on any atom is -0.389 e. The molecule has 0 bridgehead atoms. The summed E-state index contributed by atoms with van der Waals surface area (Å²) in [5.41, 5.74) is -6.70. The van der Waals surface area contributed by atoms with Gasteiger partial charge in [0.25, 0.3) is 15.6 Å². The average Bonchev–Trinajstić information content (AvgIpc) is 3.27. The molecule has 1 aliphatic heterocycles. The van der Waals surface area contributed by atoms with Gasteiger partial charge in [0.1, 0.15) is 4.21 Å². The number of anilines is 1. The number of thiophene rings is 1. The van der Waals surface area contributed by atoms with Crippen LogP contribution < -0.4 is 4.90 Å². The Hall–Kier alpha value is -1.87. The van der Waals surface area contributed by atoms with Crippen molar-refractivity contribution in [3.63, 3.8) is 0 Å². The third-order valence-electron chi connectivity index (χ3n) is 5.38. The first-order valence-corrected chi connectivity index (χ1v) is 11.9. The van der Waals surface area contributed by atoms with Gasteiger partial charge in [-0.1, -0.05) is 12.1 Å². The summed E-state index contributed by atoms with van der Waals surface area (Å²) in [7, 11) is -3.72. The molecule has 0 saturated carbocycles. The second kappa shape index (κ2) is 8.73. The first kappa shape index (κ1) is 25.7. The van der Waals surface area contributed by atoms with Crippen LogP contribution in [-0.2, 0) is 15.6 Å². The molecule has 1 fully saturated rings. The van der Waals surface area contributed by atoms with Crippen LogP contribution in [0.25, 0.3) is 0 Å². The number of aliphatic hydroxyl groups is 2. The summed E-state index contributed by atoms with van der Waals surface area (Å²) in [4.78, 5) is 1.56. The van der Waals surface area contributed by atoms with Crippen molar-refractivity contribution >= 4 is 27.0 Å². The molecule has 1 aromatic carbocycles. The van der Waals surface area contributed by atoms with Gasteiger partial charge in [0.15, 0.2) is 0 Å². The van der Waals surface area contributed by atoms with Crippen molar-refractivity contribution < 1.29 is 45.0 Å². The van der Waals surface area contributed by atoms with Crippen molar-refractivity contribution in [1.29, 1.82) is 0 Å². The fraction of sp³-hybridized carbons (Fsp3) is 0.474. The maximum Gasteiger partial charge on any atom is 0.430 e. The highest BCUT2D eigenvalue weighted by Gasteiger charge is 2.71. The molecule has 0 spiro atoms. The number of hydrogen-bond donors (Lipinski definition) is 2. The summed E-state index contributed by atoms with van der Waals surface area (Å²) in [6.07, 6.45) is -13.6. The highest BCUT2D eigenvalue weighted by Crippen LogP contribution is 2.51. The first-order valence-electron chi connectivity index (χ1n) is 9.57. The van der Waals surface area contributed by atoms with Crippen molar-refractivity contribution in [2.75, 3.05) is 31.1 Å². The molecular weight excluding hydrogens is 498 g/mol. The number of aliphatic hydroxyl groups excluding tert-OH is 1. The molecule has 184 valence electrons. The Labute approximate surface area is 189 Å². The standard InChI is InChI=1S/C19H20F6N2O4S2/c1-12(28)14-11-13(17(29,18(20,21)22)19(23,24)25)4-5-15(14)26-6-8-27(9-7-26)33(30,31)16-3-2-10-32-16/h2-5,10-12,28-29H,6-9H2,1H3/t12-/m0/s1. The lowest BCUT2D eigenvalue weighted by atomic mass is 9.89. The van der Waals surface area contributed by atoms with E-state index < -0.39 is 39.6 Å². The summed E-state index contributed by atoms with van der Waals surface area (Å²) >= 11 is 1.05. The van der Waals surface area contributed by atoms with Crippen LogP contribution in [0.4, 0.5) is 32.0 Å². The van der Waals surface area contributed by atoms with E-state index in [-0.39, 0.29) is 41.6 Å². The van der Waals surface area contributed by atoms with Gasteiger partial charge in [-0.15, -0.1) is 11.3 Å². The van der Waals surface area contributed by atoms with E-state index in [0.717, 1.165) is 17.4 Å². The highest BCUT2D eigenvalue weighted by molar-refractivity contribution is 7.91. The highest BCUT2D eigenvalue weighted by atomic mass is 32.2. The quantitative estimate of drug-likeness (QED) is 0.591. The van der Waals surface area contributed by atoms with Crippen LogP contribution in [0.5, 0.6) is 0 Å². The second-order valence-corrected chi connectivity index (χ2v) is 10.6.